The van der Waals surface area contributed by atoms with E-state index in [-0.39, 0.29) is 97.2 Å². The number of hydrogen-bond acceptors (Lipinski definition) is 24. The fourth-order valence-electron chi connectivity index (χ4n) is 17.2. The van der Waals surface area contributed by atoms with Crippen LogP contribution >= 0.6 is 23.2 Å². The van der Waals surface area contributed by atoms with E-state index in [2.05, 4.69) is 21.3 Å². The minimum atomic E-state index is -4.82. The number of fused-ring (bicyclic) bond motifs is 15. The largest absolute Gasteiger partial charge is 0.508 e. The molecule has 0 spiro atoms. The Balaban J connectivity index is 1.01. The molecule has 596 valence electrons. The van der Waals surface area contributed by atoms with Crippen molar-refractivity contribution < 1.29 is 116 Å². The minimum absolute atomic E-state index is 0.0594. The van der Waals surface area contributed by atoms with Gasteiger partial charge in [-0.15, -0.1) is 0 Å². The Bertz CT molecular complexity index is 4780. The molecule has 15 bridgehead atoms. The first-order chi connectivity index (χ1) is 53.3. The van der Waals surface area contributed by atoms with Gasteiger partial charge in [-0.05, 0) is 187 Å². The molecular weight excluding hydrogens is 1520 g/mol. The molecule has 6 aromatic rings. The predicted octanol–water partition coefficient (Wildman–Crippen LogP) is 7.26. The van der Waals surface area contributed by atoms with Crippen LogP contribution < -0.4 is 44.9 Å². The smallest absolute Gasteiger partial charge is 0.264 e. The summed E-state index contributed by atoms with van der Waals surface area (Å²) in [5.74, 6) is -16.7. The fourth-order valence-corrected chi connectivity index (χ4v) is 18.7. The number of carbonyl (C=O) groups excluding carboxylic acids is 8. The lowest BCUT2D eigenvalue weighted by atomic mass is 9.51. The number of methoxy groups -OCH3 is 1. The lowest BCUT2D eigenvalue weighted by molar-refractivity contribution is -0.277. The van der Waals surface area contributed by atoms with Crippen LogP contribution in [-0.2, 0) is 53.1 Å². The SMILES string of the molecule is CC[C@H](CC(C)C)C(=O)N[C@H]1C(=O)C[C@@H](CC(=O)NS(=O)(=O)c2ccc(OC)cc2)C(=O)N[C@H]2C(=O)C[C@H]3C(=O)N[C@H](C(=O)N[C@H](C(=O)CC4C5CC6CC(C5)CC4C6)c4cc(O)cc(O)c4-c4cc3ccc4O)[C@H](O)c3ccc(c(Cl)c3)Oc3cc2cc(c3O[C@@H]2O[C@H](CO)[C@@H](O)[C@H](O)[C@H]2O)Oc2ccc(cc2Cl)[C@H]1O. The molecule has 6 aliphatic heterocycles. The van der Waals surface area contributed by atoms with Gasteiger partial charge >= 0.3 is 0 Å². The van der Waals surface area contributed by atoms with E-state index in [9.17, 15) is 64.0 Å². The second-order valence-electron chi connectivity index (χ2n) is 30.7. The molecule has 0 aromatic heterocycles. The molecule has 1 saturated heterocycles. The third-order valence-electron chi connectivity index (χ3n) is 22.8. The second-order valence-corrected chi connectivity index (χ2v) is 33.2. The van der Waals surface area contributed by atoms with Gasteiger partial charge in [0.2, 0.25) is 41.6 Å². The average molecular weight is 1610 g/mol. The molecule has 14 atom stereocenters. The summed E-state index contributed by atoms with van der Waals surface area (Å²) in [5.41, 5.74) is -1.77. The molecule has 4 aliphatic carbocycles. The number of hydrogen-bond donors (Lipinski definition) is 14. The number of Topliss-reactive ketones (excluding diaryl/α,β-unsaturated/α-hetero) is 3. The lowest BCUT2D eigenvalue weighted by Gasteiger charge is -2.54. The molecule has 6 heterocycles. The summed E-state index contributed by atoms with van der Waals surface area (Å²) >= 11 is 14.3. The summed E-state index contributed by atoms with van der Waals surface area (Å²) in [7, 11) is -3.49. The molecule has 32 heteroatoms. The number of carbonyl (C=O) groups is 8. The maximum Gasteiger partial charge on any atom is 0.264 e. The Morgan fingerprint density at radius 3 is 1.88 bits per heavy atom. The third-order valence-corrected chi connectivity index (χ3v) is 24.8. The number of ether oxygens (including phenoxy) is 5. The molecule has 5 amide bonds. The zero-order valence-electron chi connectivity index (χ0n) is 61.2. The van der Waals surface area contributed by atoms with E-state index >= 15 is 28.8 Å². The van der Waals surface area contributed by atoms with E-state index in [1.807, 2.05) is 18.6 Å². The van der Waals surface area contributed by atoms with Crippen LogP contribution in [0.2, 0.25) is 10.0 Å². The van der Waals surface area contributed by atoms with Crippen LogP contribution in [0.5, 0.6) is 51.7 Å². The summed E-state index contributed by atoms with van der Waals surface area (Å²) in [5, 5.41) is 115. The predicted molar refractivity (Wildman–Crippen MR) is 398 cm³/mol. The van der Waals surface area contributed by atoms with Gasteiger partial charge in [0.15, 0.2) is 28.8 Å². The Morgan fingerprint density at radius 1 is 0.652 bits per heavy atom. The first kappa shape index (κ1) is 80.6. The third kappa shape index (κ3) is 16.7. The summed E-state index contributed by atoms with van der Waals surface area (Å²) < 4.78 is 60.6. The molecular formula is C80H87Cl2N5O24S. The molecule has 5 fully saturated rings. The molecule has 112 heavy (non-hydrogen) atoms. The van der Waals surface area contributed by atoms with Crippen molar-refractivity contribution in [2.45, 2.75) is 169 Å². The molecule has 6 aromatic carbocycles. The highest BCUT2D eigenvalue weighted by Crippen LogP contribution is 2.58. The van der Waals surface area contributed by atoms with E-state index in [1.165, 1.54) is 55.6 Å². The number of aromatic hydroxyl groups is 3. The van der Waals surface area contributed by atoms with E-state index < -0.39 is 213 Å². The van der Waals surface area contributed by atoms with Gasteiger partial charge in [0, 0.05) is 48.8 Å². The monoisotopic (exact) mass is 1600 g/mol. The van der Waals surface area contributed by atoms with Gasteiger partial charge in [-0.3, -0.25) is 38.4 Å². The zero-order valence-corrected chi connectivity index (χ0v) is 63.5. The van der Waals surface area contributed by atoms with Gasteiger partial charge in [-0.2, -0.15) is 0 Å². The van der Waals surface area contributed by atoms with Crippen molar-refractivity contribution in [1.29, 1.82) is 0 Å². The number of aliphatic hydroxyl groups is 6. The first-order valence-corrected chi connectivity index (χ1v) is 39.4. The van der Waals surface area contributed by atoms with Gasteiger partial charge in [-0.1, -0.05) is 62.2 Å². The highest BCUT2D eigenvalue weighted by Gasteiger charge is 2.51. The van der Waals surface area contributed by atoms with E-state index in [1.54, 1.807) is 6.92 Å². The first-order valence-electron chi connectivity index (χ1n) is 37.1. The topological polar surface area (TPSA) is 459 Å². The molecule has 0 unspecified atom stereocenters. The van der Waals surface area contributed by atoms with Crippen LogP contribution in [0.4, 0.5) is 0 Å². The number of benzene rings is 6. The Kier molecular flexibility index (Phi) is 23.7. The van der Waals surface area contributed by atoms with Gasteiger partial charge in [0.05, 0.1) is 40.5 Å². The standard InChI is InChI=1S/C80H87Cl2N5O24S/c1-5-37(16-34(2)3)76(101)85-68-56(92)25-44(28-64(95)87-112(105,106)47-11-9-46(107-4)10-12-47)77(102)83-66-43-26-61(108-59-14-7-39(70(68)96)23-52(59)81)75(111-80-74(100)73(99)72(98)63(33-88)110-80)62(27-43)109-60-15-8-40(24-53(60)82)71(97)69-79(104)84-67(58(94)31-48-41-18-35-17-36(20-41)21-42(48)19-35)51-29-45(89)30-55(91)65(51)50-22-38(6-13-54(50)90)49(32-57(66)93)78(103)86-69/h6-15,22-24,26-27,29-30,34-37,41-42,44,48-49,63,66-74,80,88-91,96-100H,5,16-21,25,28,31-33H2,1-4H3,(H,83,102)(H,84,104)(H,85,101)(H,86,103)(H,87,95)/t35?,36?,37-,41?,42?,44+,48?,49-,63-,66-,67+,68+,69+,70-,71-,72-,73+,74-,80+/m1/s1. The van der Waals surface area contributed by atoms with E-state index in [0.717, 1.165) is 86.7 Å². The number of aliphatic hydroxyl groups excluding tert-OH is 6. The minimum Gasteiger partial charge on any atom is -0.508 e. The van der Waals surface area contributed by atoms with Gasteiger partial charge in [0.25, 0.3) is 10.0 Å². The number of ketones is 3. The lowest BCUT2D eigenvalue weighted by Crippen LogP contribution is -2.60. The van der Waals surface area contributed by atoms with E-state index in [0.29, 0.717) is 18.3 Å². The highest BCUT2D eigenvalue weighted by atomic mass is 35.5. The van der Waals surface area contributed by atoms with E-state index in [4.69, 9.17) is 46.9 Å². The summed E-state index contributed by atoms with van der Waals surface area (Å²) in [6.07, 6.45) is -12.3. The maximum absolute atomic E-state index is 16.5. The van der Waals surface area contributed by atoms with Crippen LogP contribution in [0.3, 0.4) is 0 Å². The van der Waals surface area contributed by atoms with Crippen molar-refractivity contribution in [3.05, 3.63) is 141 Å². The van der Waals surface area contributed by atoms with Crippen molar-refractivity contribution in [1.82, 2.24) is 26.0 Å². The van der Waals surface area contributed by atoms with Crippen molar-refractivity contribution in [2.75, 3.05) is 13.7 Å². The molecule has 16 rings (SSSR count). The summed E-state index contributed by atoms with van der Waals surface area (Å²) in [4.78, 5) is 124. The van der Waals surface area contributed by atoms with Crippen molar-refractivity contribution in [3.63, 3.8) is 0 Å². The maximum atomic E-state index is 16.5. The number of sulfonamides is 1. The summed E-state index contributed by atoms with van der Waals surface area (Å²) in [6.45, 7) is 4.49. The molecule has 29 nitrogen and oxygen atoms in total. The van der Waals surface area contributed by atoms with Gasteiger partial charge < -0.3 is 90.9 Å². The summed E-state index contributed by atoms with van der Waals surface area (Å²) in [6, 6.07) is 11.5. The Labute approximate surface area is 653 Å². The molecule has 0 radical (unpaired) electrons. The fraction of sp³-hybridized carbons (Fsp3) is 0.450. The molecule has 10 aliphatic rings. The quantitative estimate of drug-likeness (QED) is 0.0453. The number of rotatable bonds is 16. The number of amides is 5. The van der Waals surface area contributed by atoms with Crippen LogP contribution in [0.15, 0.2) is 108 Å². The molecule has 4 saturated carbocycles. The number of phenols is 3. The van der Waals surface area contributed by atoms with Crippen LogP contribution in [-0.4, -0.2) is 158 Å². The molecule has 14 N–H and O–H groups in total. The second kappa shape index (κ2) is 32.9. The highest BCUT2D eigenvalue weighted by molar-refractivity contribution is 7.90. The average Bonchev–Trinajstić information content (AvgIpc) is 0.757. The van der Waals surface area contributed by atoms with Crippen molar-refractivity contribution in [2.24, 2.45) is 47.3 Å². The van der Waals surface area contributed by atoms with Crippen LogP contribution in [0.25, 0.3) is 11.1 Å². The number of halogens is 2. The zero-order chi connectivity index (χ0) is 80.2. The number of phenolic OH excluding ortho intramolecular Hbond substituents is 3. The van der Waals surface area contributed by atoms with Gasteiger partial charge in [-0.25, -0.2) is 13.1 Å². The van der Waals surface area contributed by atoms with Crippen molar-refractivity contribution >= 4 is 80.1 Å². The van der Waals surface area contributed by atoms with Crippen molar-refractivity contribution in [3.8, 4) is 62.9 Å². The van der Waals surface area contributed by atoms with Crippen LogP contribution in [0.1, 0.15) is 149 Å². The van der Waals surface area contributed by atoms with Gasteiger partial charge in [0.1, 0.15) is 95.3 Å². The normalized spacial score (nSPS) is 28.7. The number of nitrogens with one attached hydrogen (secondary N) is 5. The Hall–Kier alpha value is -9.47. The van der Waals surface area contributed by atoms with Crippen LogP contribution in [0, 0.1) is 47.3 Å². The Morgan fingerprint density at radius 2 is 1.28 bits per heavy atom.